The van der Waals surface area contributed by atoms with E-state index in [9.17, 15) is 9.90 Å². The van der Waals surface area contributed by atoms with E-state index in [-0.39, 0.29) is 18.1 Å². The predicted octanol–water partition coefficient (Wildman–Crippen LogP) is 2.51. The first-order valence-corrected chi connectivity index (χ1v) is 7.59. The molecule has 0 unspecified atom stereocenters. The summed E-state index contributed by atoms with van der Waals surface area (Å²) in [4.78, 5) is 12.0. The number of carbonyl (C=O) groups is 1. The summed E-state index contributed by atoms with van der Waals surface area (Å²) in [6, 6.07) is 7.36. The third-order valence-electron chi connectivity index (χ3n) is 3.87. The van der Waals surface area contributed by atoms with Gasteiger partial charge in [0, 0.05) is 30.3 Å². The molecule has 1 aliphatic carbocycles. The molecule has 21 heavy (non-hydrogen) atoms. The molecule has 1 aliphatic rings. The van der Waals surface area contributed by atoms with E-state index < -0.39 is 0 Å². The zero-order valence-electron chi connectivity index (χ0n) is 12.5. The first-order chi connectivity index (χ1) is 10.2. The van der Waals surface area contributed by atoms with Crippen molar-refractivity contribution >= 4 is 11.7 Å². The lowest BCUT2D eigenvalue weighted by Crippen LogP contribution is -2.35. The fourth-order valence-corrected chi connectivity index (χ4v) is 2.63. The second kappa shape index (κ2) is 8.00. The summed E-state index contributed by atoms with van der Waals surface area (Å²) in [5.41, 5.74) is 1.71. The summed E-state index contributed by atoms with van der Waals surface area (Å²) in [5, 5.41) is 15.4. The molecule has 3 N–H and O–H groups in total. The Balaban J connectivity index is 1.84. The zero-order valence-corrected chi connectivity index (χ0v) is 12.5. The van der Waals surface area contributed by atoms with Gasteiger partial charge in [0.05, 0.1) is 12.7 Å². The smallest absolute Gasteiger partial charge is 0.319 e. The summed E-state index contributed by atoms with van der Waals surface area (Å²) in [6.07, 6.45) is 2.57. The van der Waals surface area contributed by atoms with Gasteiger partial charge >= 0.3 is 6.03 Å². The van der Waals surface area contributed by atoms with E-state index in [4.69, 9.17) is 4.74 Å². The molecule has 116 valence electrons. The molecule has 5 heteroatoms. The largest absolute Gasteiger partial charge is 0.393 e. The number of anilines is 1. The maximum Gasteiger partial charge on any atom is 0.319 e. The standard InChI is InChI=1S/C16H24N2O3/c1-2-21-11-13-6-3-4-8-14(13)18-16(20)17-10-12-7-5-9-15(12)19/h3-4,6,8,12,15,19H,2,5,7,9-11H2,1H3,(H2,17,18,20)/t12-,15-/m1/s1. The number of rotatable bonds is 6. The van der Waals surface area contributed by atoms with Crippen molar-refractivity contribution in [3.8, 4) is 0 Å². The highest BCUT2D eigenvalue weighted by Crippen LogP contribution is 2.24. The van der Waals surface area contributed by atoms with Crippen LogP contribution in [0.25, 0.3) is 0 Å². The Bertz CT molecular complexity index is 465. The van der Waals surface area contributed by atoms with E-state index in [0.29, 0.717) is 19.8 Å². The summed E-state index contributed by atoms with van der Waals surface area (Å²) in [5.74, 6) is 0.175. The van der Waals surface area contributed by atoms with E-state index in [1.54, 1.807) is 0 Å². The van der Waals surface area contributed by atoms with Crippen LogP contribution in [0.5, 0.6) is 0 Å². The van der Waals surface area contributed by atoms with E-state index in [0.717, 1.165) is 30.5 Å². The maximum atomic E-state index is 12.0. The molecule has 2 rings (SSSR count). The summed E-state index contributed by atoms with van der Waals surface area (Å²) >= 11 is 0. The summed E-state index contributed by atoms with van der Waals surface area (Å²) in [7, 11) is 0. The highest BCUT2D eigenvalue weighted by molar-refractivity contribution is 5.90. The van der Waals surface area contributed by atoms with Crippen LogP contribution in [-0.2, 0) is 11.3 Å². The number of nitrogens with one attached hydrogen (secondary N) is 2. The molecular weight excluding hydrogens is 268 g/mol. The number of hydrogen-bond donors (Lipinski definition) is 3. The molecular formula is C16H24N2O3. The minimum atomic E-state index is -0.282. The number of urea groups is 1. The van der Waals surface area contributed by atoms with Crippen LogP contribution in [0, 0.1) is 5.92 Å². The fraction of sp³-hybridized carbons (Fsp3) is 0.562. The van der Waals surface area contributed by atoms with Gasteiger partial charge in [0.25, 0.3) is 0 Å². The van der Waals surface area contributed by atoms with Gasteiger partial charge in [-0.15, -0.1) is 0 Å². The normalized spacial score (nSPS) is 21.2. The van der Waals surface area contributed by atoms with E-state index in [1.165, 1.54) is 0 Å². The minimum Gasteiger partial charge on any atom is -0.393 e. The SMILES string of the molecule is CCOCc1ccccc1NC(=O)NC[C@H]1CCC[C@H]1O. The molecule has 0 heterocycles. The fourth-order valence-electron chi connectivity index (χ4n) is 2.63. The van der Waals surface area contributed by atoms with Crippen molar-refractivity contribution < 1.29 is 14.6 Å². The molecule has 0 aliphatic heterocycles. The number of amides is 2. The summed E-state index contributed by atoms with van der Waals surface area (Å²) in [6.45, 7) is 3.57. The second-order valence-electron chi connectivity index (χ2n) is 5.39. The third kappa shape index (κ3) is 4.72. The Labute approximate surface area is 125 Å². The lowest BCUT2D eigenvalue weighted by atomic mass is 10.1. The molecule has 1 fully saturated rings. The van der Waals surface area contributed by atoms with Crippen LogP contribution in [0.4, 0.5) is 10.5 Å². The molecule has 0 bridgehead atoms. The van der Waals surface area contributed by atoms with E-state index in [2.05, 4.69) is 10.6 Å². The molecule has 5 nitrogen and oxygen atoms in total. The van der Waals surface area contributed by atoms with Gasteiger partial charge in [-0.25, -0.2) is 4.79 Å². The molecule has 2 atom stereocenters. The molecule has 0 radical (unpaired) electrons. The Morgan fingerprint density at radius 2 is 2.19 bits per heavy atom. The first kappa shape index (κ1) is 15.8. The molecule has 0 spiro atoms. The number of hydrogen-bond acceptors (Lipinski definition) is 3. The molecule has 1 saturated carbocycles. The van der Waals surface area contributed by atoms with Crippen LogP contribution >= 0.6 is 0 Å². The van der Waals surface area contributed by atoms with Crippen molar-refractivity contribution in [2.45, 2.75) is 38.9 Å². The van der Waals surface area contributed by atoms with Gasteiger partial charge < -0.3 is 20.5 Å². The topological polar surface area (TPSA) is 70.6 Å². The number of carbonyl (C=O) groups excluding carboxylic acids is 1. The van der Waals surface area contributed by atoms with Crippen molar-refractivity contribution in [1.82, 2.24) is 5.32 Å². The predicted molar refractivity (Wildman–Crippen MR) is 82.1 cm³/mol. The van der Waals surface area contributed by atoms with Gasteiger partial charge in [0.2, 0.25) is 0 Å². The van der Waals surface area contributed by atoms with Crippen LogP contribution in [0.15, 0.2) is 24.3 Å². The molecule has 0 aromatic heterocycles. The summed E-state index contributed by atoms with van der Waals surface area (Å²) < 4.78 is 5.39. The van der Waals surface area contributed by atoms with Crippen LogP contribution in [0.3, 0.4) is 0 Å². The Hall–Kier alpha value is -1.59. The number of benzene rings is 1. The zero-order chi connectivity index (χ0) is 15.1. The van der Waals surface area contributed by atoms with Crippen LogP contribution in [-0.4, -0.2) is 30.4 Å². The maximum absolute atomic E-state index is 12.0. The van der Waals surface area contributed by atoms with Gasteiger partial charge in [0.15, 0.2) is 0 Å². The van der Waals surface area contributed by atoms with Crippen molar-refractivity contribution in [2.75, 3.05) is 18.5 Å². The van der Waals surface area contributed by atoms with Crippen LogP contribution in [0.1, 0.15) is 31.7 Å². The molecule has 2 amide bonds. The van der Waals surface area contributed by atoms with Crippen LogP contribution < -0.4 is 10.6 Å². The first-order valence-electron chi connectivity index (χ1n) is 7.59. The Morgan fingerprint density at radius 3 is 2.90 bits per heavy atom. The molecule has 1 aromatic rings. The van der Waals surface area contributed by atoms with Crippen LogP contribution in [0.2, 0.25) is 0 Å². The number of aliphatic hydroxyl groups is 1. The van der Waals surface area contributed by atoms with Crippen molar-refractivity contribution in [2.24, 2.45) is 5.92 Å². The minimum absolute atomic E-state index is 0.175. The lowest BCUT2D eigenvalue weighted by molar-refractivity contribution is 0.133. The quantitative estimate of drug-likeness (QED) is 0.754. The van der Waals surface area contributed by atoms with Gasteiger partial charge in [-0.2, -0.15) is 0 Å². The highest BCUT2D eigenvalue weighted by atomic mass is 16.5. The van der Waals surface area contributed by atoms with Gasteiger partial charge in [0.1, 0.15) is 0 Å². The lowest BCUT2D eigenvalue weighted by Gasteiger charge is -2.16. The average molecular weight is 292 g/mol. The number of ether oxygens (including phenoxy) is 1. The number of aliphatic hydroxyl groups excluding tert-OH is 1. The third-order valence-corrected chi connectivity index (χ3v) is 3.87. The van der Waals surface area contributed by atoms with Gasteiger partial charge in [-0.3, -0.25) is 0 Å². The highest BCUT2D eigenvalue weighted by Gasteiger charge is 2.25. The van der Waals surface area contributed by atoms with Gasteiger partial charge in [-0.1, -0.05) is 24.6 Å². The molecule has 1 aromatic carbocycles. The monoisotopic (exact) mass is 292 g/mol. The number of para-hydroxylation sites is 1. The van der Waals surface area contributed by atoms with E-state index in [1.807, 2.05) is 31.2 Å². The Morgan fingerprint density at radius 1 is 1.38 bits per heavy atom. The van der Waals surface area contributed by atoms with Crippen molar-refractivity contribution in [3.05, 3.63) is 29.8 Å². The second-order valence-corrected chi connectivity index (χ2v) is 5.39. The van der Waals surface area contributed by atoms with E-state index >= 15 is 0 Å². The Kier molecular flexibility index (Phi) is 6.02. The molecule has 0 saturated heterocycles. The van der Waals surface area contributed by atoms with Crippen molar-refractivity contribution in [1.29, 1.82) is 0 Å². The average Bonchev–Trinajstić information content (AvgIpc) is 2.89. The van der Waals surface area contributed by atoms with Gasteiger partial charge in [-0.05, 0) is 25.8 Å². The van der Waals surface area contributed by atoms with Crippen molar-refractivity contribution in [3.63, 3.8) is 0 Å².